The number of urea groups is 1. The second-order valence-corrected chi connectivity index (χ2v) is 7.38. The molecule has 3 rings (SSSR count). The summed E-state index contributed by atoms with van der Waals surface area (Å²) in [6.45, 7) is 6.60. The van der Waals surface area contributed by atoms with Crippen LogP contribution in [0.4, 0.5) is 16.3 Å². The highest BCUT2D eigenvalue weighted by Gasteiger charge is 2.13. The second kappa shape index (κ2) is 9.38. The fraction of sp³-hybridized carbons (Fsp3) is 0.238. The summed E-state index contributed by atoms with van der Waals surface area (Å²) in [7, 11) is 0. The third kappa shape index (κ3) is 5.23. The Balaban J connectivity index is 1.61. The van der Waals surface area contributed by atoms with Crippen molar-refractivity contribution < 1.29 is 9.59 Å². The van der Waals surface area contributed by atoms with E-state index in [4.69, 9.17) is 0 Å². The first-order valence-corrected chi connectivity index (χ1v) is 10.3. The van der Waals surface area contributed by atoms with Crippen molar-refractivity contribution in [2.24, 2.45) is 0 Å². The maximum Gasteiger partial charge on any atom is 0.325 e. The molecule has 0 spiro atoms. The average Bonchev–Trinajstić information content (AvgIpc) is 2.70. The van der Waals surface area contributed by atoms with Crippen molar-refractivity contribution in [2.45, 2.75) is 25.9 Å². The lowest BCUT2D eigenvalue weighted by Gasteiger charge is -2.11. The van der Waals surface area contributed by atoms with Crippen LogP contribution in [0.2, 0.25) is 0 Å². The summed E-state index contributed by atoms with van der Waals surface area (Å²) in [6.07, 6.45) is 0. The van der Waals surface area contributed by atoms with E-state index >= 15 is 0 Å². The van der Waals surface area contributed by atoms with E-state index in [1.165, 1.54) is 11.8 Å². The molecule has 29 heavy (non-hydrogen) atoms. The predicted octanol–water partition coefficient (Wildman–Crippen LogP) is 4.12. The van der Waals surface area contributed by atoms with Crippen molar-refractivity contribution in [3.05, 3.63) is 53.6 Å². The van der Waals surface area contributed by atoms with Gasteiger partial charge in [0, 0.05) is 17.6 Å². The van der Waals surface area contributed by atoms with E-state index < -0.39 is 11.9 Å². The van der Waals surface area contributed by atoms with Crippen molar-refractivity contribution in [3.8, 4) is 0 Å². The van der Waals surface area contributed by atoms with Crippen molar-refractivity contribution in [2.75, 3.05) is 22.9 Å². The zero-order chi connectivity index (χ0) is 20.8. The number of thioether (sulfide) groups is 1. The van der Waals surface area contributed by atoms with Crippen molar-refractivity contribution in [3.63, 3.8) is 0 Å². The van der Waals surface area contributed by atoms with Gasteiger partial charge in [0.05, 0.1) is 11.3 Å². The fourth-order valence-corrected chi connectivity index (χ4v) is 3.41. The van der Waals surface area contributed by atoms with Gasteiger partial charge in [-0.3, -0.25) is 10.1 Å². The molecule has 1 heterocycles. The largest absolute Gasteiger partial charge is 0.370 e. The molecule has 0 aliphatic rings. The van der Waals surface area contributed by atoms with Gasteiger partial charge in [0.2, 0.25) is 5.91 Å². The Hall–Kier alpha value is -3.13. The maximum absolute atomic E-state index is 12.2. The Bertz CT molecular complexity index is 1050. The molecular formula is C21H23N5O2S. The van der Waals surface area contributed by atoms with E-state index in [1.54, 1.807) is 6.07 Å². The molecule has 0 saturated heterocycles. The van der Waals surface area contributed by atoms with Crippen molar-refractivity contribution in [1.82, 2.24) is 15.3 Å². The summed E-state index contributed by atoms with van der Waals surface area (Å²) in [5.74, 6) is 0.345. The van der Waals surface area contributed by atoms with Crippen LogP contribution in [0.25, 0.3) is 10.9 Å². The number of para-hydroxylation sites is 1. The molecule has 0 unspecified atom stereocenters. The van der Waals surface area contributed by atoms with Crippen LogP contribution in [0, 0.1) is 13.8 Å². The first-order valence-electron chi connectivity index (χ1n) is 9.28. The van der Waals surface area contributed by atoms with Gasteiger partial charge in [-0.05, 0) is 50.1 Å². The molecule has 2 aromatic carbocycles. The predicted molar refractivity (Wildman–Crippen MR) is 118 cm³/mol. The maximum atomic E-state index is 12.2. The molecular weight excluding hydrogens is 386 g/mol. The van der Waals surface area contributed by atoms with Crippen LogP contribution in [0.3, 0.4) is 0 Å². The number of rotatable bonds is 6. The zero-order valence-electron chi connectivity index (χ0n) is 16.6. The monoisotopic (exact) mass is 409 g/mol. The molecule has 0 atom stereocenters. The molecule has 3 N–H and O–H groups in total. The van der Waals surface area contributed by atoms with Crippen LogP contribution in [0.1, 0.15) is 18.1 Å². The summed E-state index contributed by atoms with van der Waals surface area (Å²) >= 11 is 1.18. The number of imide groups is 1. The van der Waals surface area contributed by atoms with Gasteiger partial charge in [0.1, 0.15) is 5.82 Å². The number of hydrogen-bond acceptors (Lipinski definition) is 6. The molecule has 0 saturated carbocycles. The summed E-state index contributed by atoms with van der Waals surface area (Å²) in [5, 5.41) is 9.67. The minimum atomic E-state index is -0.558. The third-order valence-corrected chi connectivity index (χ3v) is 5.21. The molecule has 0 aliphatic heterocycles. The number of amides is 3. The van der Waals surface area contributed by atoms with E-state index in [-0.39, 0.29) is 5.75 Å². The molecule has 3 aromatic rings. The highest BCUT2D eigenvalue weighted by atomic mass is 32.2. The molecule has 1 aromatic heterocycles. The number of fused-ring (bicyclic) bond motifs is 1. The Morgan fingerprint density at radius 2 is 1.83 bits per heavy atom. The molecule has 0 radical (unpaired) electrons. The fourth-order valence-electron chi connectivity index (χ4n) is 2.75. The summed E-state index contributed by atoms with van der Waals surface area (Å²) in [4.78, 5) is 33.3. The van der Waals surface area contributed by atoms with Crippen molar-refractivity contribution >= 4 is 46.1 Å². The van der Waals surface area contributed by atoms with Crippen LogP contribution in [-0.4, -0.2) is 34.2 Å². The first-order chi connectivity index (χ1) is 14.0. The number of benzene rings is 2. The highest BCUT2D eigenvalue weighted by molar-refractivity contribution is 7.99. The standard InChI is InChI=1S/C21H23N5O2S/c1-4-22-19-15-9-5-6-10-17(15)24-21(26-19)29-12-18(27)25-20(28)23-16-11-7-8-13(2)14(16)3/h5-11H,4,12H2,1-3H3,(H,22,24,26)(H2,23,25,27,28). The number of aromatic nitrogens is 2. The van der Waals surface area contributed by atoms with Gasteiger partial charge in [-0.2, -0.15) is 0 Å². The zero-order valence-corrected chi connectivity index (χ0v) is 17.4. The van der Waals surface area contributed by atoms with E-state index in [0.29, 0.717) is 10.8 Å². The summed E-state index contributed by atoms with van der Waals surface area (Å²) in [6, 6.07) is 12.8. The third-order valence-electron chi connectivity index (χ3n) is 4.37. The van der Waals surface area contributed by atoms with Gasteiger partial charge in [-0.15, -0.1) is 0 Å². The number of hydrogen-bond donors (Lipinski definition) is 3. The van der Waals surface area contributed by atoms with Crippen LogP contribution in [-0.2, 0) is 4.79 Å². The number of nitrogens with one attached hydrogen (secondary N) is 3. The van der Waals surface area contributed by atoms with E-state index in [0.717, 1.165) is 34.4 Å². The number of carbonyl (C=O) groups excluding carboxylic acids is 2. The number of aryl methyl sites for hydroxylation is 1. The Morgan fingerprint density at radius 3 is 2.62 bits per heavy atom. The number of nitrogens with zero attached hydrogens (tertiary/aromatic N) is 2. The second-order valence-electron chi connectivity index (χ2n) is 6.44. The minimum absolute atomic E-state index is 0.0319. The normalized spacial score (nSPS) is 10.6. The lowest BCUT2D eigenvalue weighted by atomic mass is 10.1. The topological polar surface area (TPSA) is 96.0 Å². The first kappa shape index (κ1) is 20.6. The van der Waals surface area contributed by atoms with E-state index in [9.17, 15) is 9.59 Å². The van der Waals surface area contributed by atoms with Gasteiger partial charge < -0.3 is 10.6 Å². The molecule has 8 heteroatoms. The molecule has 0 fully saturated rings. The van der Waals surface area contributed by atoms with Crippen LogP contribution >= 0.6 is 11.8 Å². The molecule has 3 amide bonds. The SMILES string of the molecule is CCNc1nc(SCC(=O)NC(=O)Nc2cccc(C)c2C)nc2ccccc12. The smallest absolute Gasteiger partial charge is 0.325 e. The van der Waals surface area contributed by atoms with Crippen LogP contribution < -0.4 is 16.0 Å². The summed E-state index contributed by atoms with van der Waals surface area (Å²) in [5.41, 5.74) is 3.50. The van der Waals surface area contributed by atoms with Crippen LogP contribution in [0.5, 0.6) is 0 Å². The molecule has 150 valence electrons. The lowest BCUT2D eigenvalue weighted by Crippen LogP contribution is -2.35. The number of anilines is 2. The van der Waals surface area contributed by atoms with Gasteiger partial charge in [0.15, 0.2) is 5.16 Å². The van der Waals surface area contributed by atoms with E-state index in [2.05, 4.69) is 25.9 Å². The van der Waals surface area contributed by atoms with Gasteiger partial charge >= 0.3 is 6.03 Å². The lowest BCUT2D eigenvalue weighted by molar-refractivity contribution is -0.117. The summed E-state index contributed by atoms with van der Waals surface area (Å²) < 4.78 is 0. The average molecular weight is 410 g/mol. The van der Waals surface area contributed by atoms with Crippen molar-refractivity contribution in [1.29, 1.82) is 0 Å². The quantitative estimate of drug-likeness (QED) is 0.419. The van der Waals surface area contributed by atoms with Crippen LogP contribution in [0.15, 0.2) is 47.6 Å². The van der Waals surface area contributed by atoms with Gasteiger partial charge in [-0.1, -0.05) is 36.0 Å². The van der Waals surface area contributed by atoms with E-state index in [1.807, 2.05) is 57.2 Å². The Morgan fingerprint density at radius 1 is 1.03 bits per heavy atom. The molecule has 7 nitrogen and oxygen atoms in total. The Labute approximate surface area is 173 Å². The molecule has 0 aliphatic carbocycles. The number of carbonyl (C=O) groups is 2. The Kier molecular flexibility index (Phi) is 6.66. The molecule has 0 bridgehead atoms. The van der Waals surface area contributed by atoms with Gasteiger partial charge in [-0.25, -0.2) is 14.8 Å². The van der Waals surface area contributed by atoms with Gasteiger partial charge in [0.25, 0.3) is 0 Å². The highest BCUT2D eigenvalue weighted by Crippen LogP contribution is 2.24. The minimum Gasteiger partial charge on any atom is -0.370 e.